The minimum atomic E-state index is 0.740. The molecular formula is C13H15NO. The summed E-state index contributed by atoms with van der Waals surface area (Å²) in [6, 6.07) is 15.5. The first-order valence-electron chi connectivity index (χ1n) is 4.96. The average Bonchev–Trinajstić information content (AvgIpc) is 2.34. The Morgan fingerprint density at radius 3 is 1.93 bits per heavy atom. The van der Waals surface area contributed by atoms with E-state index < -0.39 is 0 Å². The molecule has 2 aromatic rings. The summed E-state index contributed by atoms with van der Waals surface area (Å²) < 4.78 is 5.21. The van der Waals surface area contributed by atoms with Gasteiger partial charge in [-0.15, -0.1) is 0 Å². The average molecular weight is 201 g/mol. The molecule has 0 unspecified atom stereocenters. The highest BCUT2D eigenvalue weighted by Gasteiger charge is 1.83. The SMILES string of the molecule is CCOc1ccccc1.c1ccncc1. The molecule has 0 saturated carbocycles. The minimum Gasteiger partial charge on any atom is -0.494 e. The Bertz CT molecular complexity index is 307. The van der Waals surface area contributed by atoms with Crippen LogP contribution in [0.4, 0.5) is 0 Å². The van der Waals surface area contributed by atoms with Crippen molar-refractivity contribution in [3.8, 4) is 5.75 Å². The molecule has 0 atom stereocenters. The molecule has 0 bridgehead atoms. The minimum absolute atomic E-state index is 0.740. The molecule has 0 saturated heterocycles. The molecule has 0 fully saturated rings. The van der Waals surface area contributed by atoms with Gasteiger partial charge in [0.05, 0.1) is 6.61 Å². The number of ether oxygens (including phenoxy) is 1. The summed E-state index contributed by atoms with van der Waals surface area (Å²) in [5.41, 5.74) is 0. The van der Waals surface area contributed by atoms with Crippen molar-refractivity contribution in [2.45, 2.75) is 6.92 Å². The summed E-state index contributed by atoms with van der Waals surface area (Å²) in [6.07, 6.45) is 3.50. The third kappa shape index (κ3) is 5.47. The molecule has 2 heteroatoms. The van der Waals surface area contributed by atoms with Crippen molar-refractivity contribution < 1.29 is 4.74 Å². The van der Waals surface area contributed by atoms with Gasteiger partial charge in [0.2, 0.25) is 0 Å². The molecule has 2 rings (SSSR count). The van der Waals surface area contributed by atoms with Gasteiger partial charge in [-0.1, -0.05) is 24.3 Å². The van der Waals surface area contributed by atoms with Gasteiger partial charge in [0.15, 0.2) is 0 Å². The Balaban J connectivity index is 0.000000162. The van der Waals surface area contributed by atoms with E-state index in [9.17, 15) is 0 Å². The number of hydrogen-bond donors (Lipinski definition) is 0. The zero-order chi connectivity index (χ0) is 10.8. The predicted molar refractivity (Wildman–Crippen MR) is 61.8 cm³/mol. The van der Waals surface area contributed by atoms with Crippen molar-refractivity contribution in [1.29, 1.82) is 0 Å². The molecule has 0 amide bonds. The van der Waals surface area contributed by atoms with Crippen LogP contribution < -0.4 is 4.74 Å². The highest BCUT2D eigenvalue weighted by Crippen LogP contribution is 2.06. The first-order chi connectivity index (χ1) is 7.43. The standard InChI is InChI=1S/C8H10O.C5H5N/c1-2-9-8-6-4-3-5-7-8;1-2-4-6-5-3-1/h3-7H,2H2,1H3;1-5H. The molecule has 0 aliphatic heterocycles. The largest absolute Gasteiger partial charge is 0.494 e. The zero-order valence-corrected chi connectivity index (χ0v) is 8.84. The molecule has 0 aliphatic rings. The van der Waals surface area contributed by atoms with Crippen LogP contribution in [-0.2, 0) is 0 Å². The Morgan fingerprint density at radius 1 is 0.933 bits per heavy atom. The van der Waals surface area contributed by atoms with Gasteiger partial charge in [-0.05, 0) is 31.2 Å². The number of rotatable bonds is 2. The van der Waals surface area contributed by atoms with Gasteiger partial charge < -0.3 is 4.74 Å². The third-order valence-electron chi connectivity index (χ3n) is 1.62. The summed E-state index contributed by atoms with van der Waals surface area (Å²) in [6.45, 7) is 2.72. The fourth-order valence-electron chi connectivity index (χ4n) is 0.996. The van der Waals surface area contributed by atoms with Crippen LogP contribution in [0, 0.1) is 0 Å². The smallest absolute Gasteiger partial charge is 0.119 e. The number of benzene rings is 1. The lowest BCUT2D eigenvalue weighted by atomic mass is 10.3. The van der Waals surface area contributed by atoms with Crippen LogP contribution in [0.25, 0.3) is 0 Å². The van der Waals surface area contributed by atoms with Crippen molar-refractivity contribution in [3.63, 3.8) is 0 Å². The maximum atomic E-state index is 5.21. The second-order valence-electron chi connectivity index (χ2n) is 2.77. The summed E-state index contributed by atoms with van der Waals surface area (Å²) >= 11 is 0. The topological polar surface area (TPSA) is 22.1 Å². The molecule has 0 aliphatic carbocycles. The molecule has 0 spiro atoms. The van der Waals surface area contributed by atoms with Crippen LogP contribution in [0.5, 0.6) is 5.75 Å². The Hall–Kier alpha value is -1.83. The van der Waals surface area contributed by atoms with Crippen LogP contribution in [0.3, 0.4) is 0 Å². The maximum Gasteiger partial charge on any atom is 0.119 e. The molecule has 15 heavy (non-hydrogen) atoms. The third-order valence-corrected chi connectivity index (χ3v) is 1.62. The van der Waals surface area contributed by atoms with Gasteiger partial charge in [0.25, 0.3) is 0 Å². The maximum absolute atomic E-state index is 5.21. The van der Waals surface area contributed by atoms with E-state index in [-0.39, 0.29) is 0 Å². The van der Waals surface area contributed by atoms with Crippen molar-refractivity contribution in [2.24, 2.45) is 0 Å². The molecule has 0 N–H and O–H groups in total. The highest BCUT2D eigenvalue weighted by atomic mass is 16.5. The van der Waals surface area contributed by atoms with Crippen LogP contribution in [-0.4, -0.2) is 11.6 Å². The van der Waals surface area contributed by atoms with Crippen LogP contribution >= 0.6 is 0 Å². The van der Waals surface area contributed by atoms with E-state index in [0.29, 0.717) is 0 Å². The molecule has 2 nitrogen and oxygen atoms in total. The van der Waals surface area contributed by atoms with Crippen molar-refractivity contribution in [2.75, 3.05) is 6.61 Å². The van der Waals surface area contributed by atoms with Gasteiger partial charge in [0, 0.05) is 12.4 Å². The summed E-state index contributed by atoms with van der Waals surface area (Å²) in [7, 11) is 0. The van der Waals surface area contributed by atoms with Gasteiger partial charge >= 0.3 is 0 Å². The number of hydrogen-bond acceptors (Lipinski definition) is 2. The molecular weight excluding hydrogens is 186 g/mol. The zero-order valence-electron chi connectivity index (χ0n) is 8.84. The summed E-state index contributed by atoms with van der Waals surface area (Å²) in [4.78, 5) is 3.78. The number of para-hydroxylation sites is 1. The lowest BCUT2D eigenvalue weighted by Crippen LogP contribution is -1.89. The Labute approximate surface area is 90.6 Å². The number of aromatic nitrogens is 1. The van der Waals surface area contributed by atoms with Gasteiger partial charge in [-0.25, -0.2) is 0 Å². The first kappa shape index (κ1) is 11.2. The number of pyridine rings is 1. The Kier molecular flexibility index (Phi) is 5.67. The second-order valence-corrected chi connectivity index (χ2v) is 2.77. The molecule has 1 aromatic carbocycles. The first-order valence-corrected chi connectivity index (χ1v) is 4.96. The van der Waals surface area contributed by atoms with Crippen molar-refractivity contribution in [3.05, 3.63) is 60.9 Å². The molecule has 0 radical (unpaired) electrons. The van der Waals surface area contributed by atoms with Crippen LogP contribution in [0.1, 0.15) is 6.92 Å². The van der Waals surface area contributed by atoms with Gasteiger partial charge in [-0.2, -0.15) is 0 Å². The lowest BCUT2D eigenvalue weighted by Gasteiger charge is -1.99. The summed E-state index contributed by atoms with van der Waals surface area (Å²) in [5, 5.41) is 0. The van der Waals surface area contributed by atoms with Crippen LogP contribution in [0.15, 0.2) is 60.9 Å². The Morgan fingerprint density at radius 2 is 1.53 bits per heavy atom. The van der Waals surface area contributed by atoms with E-state index in [1.54, 1.807) is 12.4 Å². The van der Waals surface area contributed by atoms with Crippen molar-refractivity contribution in [1.82, 2.24) is 4.98 Å². The van der Waals surface area contributed by atoms with Gasteiger partial charge in [0.1, 0.15) is 5.75 Å². The fourth-order valence-corrected chi connectivity index (χ4v) is 0.996. The lowest BCUT2D eigenvalue weighted by molar-refractivity contribution is 0.340. The molecule has 78 valence electrons. The molecule has 1 aromatic heterocycles. The normalized spacial score (nSPS) is 8.60. The van der Waals surface area contributed by atoms with Crippen LogP contribution in [0.2, 0.25) is 0 Å². The van der Waals surface area contributed by atoms with Gasteiger partial charge in [-0.3, -0.25) is 4.98 Å². The van der Waals surface area contributed by atoms with E-state index in [1.807, 2.05) is 55.5 Å². The van der Waals surface area contributed by atoms with E-state index in [1.165, 1.54) is 0 Å². The van der Waals surface area contributed by atoms with Crippen molar-refractivity contribution >= 4 is 0 Å². The fraction of sp³-hybridized carbons (Fsp3) is 0.154. The van der Waals surface area contributed by atoms with E-state index in [2.05, 4.69) is 4.98 Å². The van der Waals surface area contributed by atoms with E-state index in [4.69, 9.17) is 4.74 Å². The highest BCUT2D eigenvalue weighted by molar-refractivity contribution is 5.20. The quantitative estimate of drug-likeness (QED) is 0.744. The monoisotopic (exact) mass is 201 g/mol. The number of nitrogens with zero attached hydrogens (tertiary/aromatic N) is 1. The van der Waals surface area contributed by atoms with E-state index in [0.717, 1.165) is 12.4 Å². The van der Waals surface area contributed by atoms with E-state index >= 15 is 0 Å². The second kappa shape index (κ2) is 7.56. The predicted octanol–water partition coefficient (Wildman–Crippen LogP) is 3.17. The molecule has 1 heterocycles. The summed E-state index contributed by atoms with van der Waals surface area (Å²) in [5.74, 6) is 0.944.